The highest BCUT2D eigenvalue weighted by molar-refractivity contribution is 5.71. The third kappa shape index (κ3) is 69.0. The third-order valence-electron chi connectivity index (χ3n) is 15.6. The fourth-order valence-electron chi connectivity index (χ4n) is 10.2. The molecule has 1 unspecified atom stereocenters. The van der Waals surface area contributed by atoms with E-state index in [2.05, 4.69) is 112 Å². The number of hydrogen-bond donors (Lipinski definition) is 0. The molecule has 6 heteroatoms. The highest BCUT2D eigenvalue weighted by atomic mass is 16.6. The Morgan fingerprint density at radius 3 is 0.843 bits per heavy atom. The van der Waals surface area contributed by atoms with Crippen molar-refractivity contribution in [2.75, 3.05) is 13.2 Å². The molecule has 0 radical (unpaired) electrons. The summed E-state index contributed by atoms with van der Waals surface area (Å²) in [7, 11) is 0. The van der Waals surface area contributed by atoms with E-state index in [4.69, 9.17) is 14.2 Å². The number of carbonyl (C=O) groups excluding carboxylic acids is 3. The summed E-state index contributed by atoms with van der Waals surface area (Å²) in [6, 6.07) is 0. The van der Waals surface area contributed by atoms with Gasteiger partial charge >= 0.3 is 17.9 Å². The Hall–Kier alpha value is -3.67. The molecule has 0 amide bonds. The van der Waals surface area contributed by atoms with Gasteiger partial charge in [0.2, 0.25) is 0 Å². The fourth-order valence-corrected chi connectivity index (χ4v) is 10.2. The van der Waals surface area contributed by atoms with E-state index >= 15 is 0 Å². The number of ether oxygens (including phenoxy) is 3. The molecule has 83 heavy (non-hydrogen) atoms. The summed E-state index contributed by atoms with van der Waals surface area (Å²) in [5.41, 5.74) is 0. The van der Waals surface area contributed by atoms with Gasteiger partial charge < -0.3 is 14.2 Å². The Balaban J connectivity index is 4.20. The lowest BCUT2D eigenvalue weighted by Gasteiger charge is -2.18. The highest BCUT2D eigenvalue weighted by Crippen LogP contribution is 2.18. The summed E-state index contributed by atoms with van der Waals surface area (Å²) in [5.74, 6) is -0.988. The number of hydrogen-bond acceptors (Lipinski definition) is 6. The van der Waals surface area contributed by atoms with Crippen LogP contribution in [0.5, 0.6) is 0 Å². The molecular weight excluding hydrogens is 1020 g/mol. The molecule has 0 rings (SSSR count). The monoisotopic (exact) mass is 1160 g/mol. The molecule has 0 N–H and O–H groups in total. The van der Waals surface area contributed by atoms with Crippen molar-refractivity contribution in [1.29, 1.82) is 0 Å². The quantitative estimate of drug-likeness (QED) is 0.0261. The molecule has 0 aromatic heterocycles. The minimum absolute atomic E-state index is 0.103. The first-order chi connectivity index (χ1) is 41.0. The predicted octanol–water partition coefficient (Wildman–Crippen LogP) is 24.8. The summed E-state index contributed by atoms with van der Waals surface area (Å²) in [5, 5.41) is 0. The zero-order chi connectivity index (χ0) is 59.9. The summed E-state index contributed by atoms with van der Waals surface area (Å²) < 4.78 is 16.9. The highest BCUT2D eigenvalue weighted by Gasteiger charge is 2.19. The number of carbonyl (C=O) groups is 3. The van der Waals surface area contributed by atoms with Crippen molar-refractivity contribution in [3.63, 3.8) is 0 Å². The van der Waals surface area contributed by atoms with Crippen LogP contribution in [0.4, 0.5) is 0 Å². The molecule has 478 valence electrons. The average molecular weight is 1160 g/mol. The van der Waals surface area contributed by atoms with E-state index in [1.807, 2.05) is 6.08 Å². The van der Waals surface area contributed by atoms with Crippen LogP contribution in [0.1, 0.15) is 355 Å². The topological polar surface area (TPSA) is 78.9 Å². The maximum absolute atomic E-state index is 12.9. The minimum atomic E-state index is -0.815. The number of unbranched alkanes of at least 4 members (excludes halogenated alkanes) is 38. The molecule has 0 saturated heterocycles. The van der Waals surface area contributed by atoms with Gasteiger partial charge in [-0.05, 0) is 109 Å². The smallest absolute Gasteiger partial charge is 0.306 e. The van der Waals surface area contributed by atoms with Gasteiger partial charge in [-0.3, -0.25) is 14.4 Å². The van der Waals surface area contributed by atoms with Crippen molar-refractivity contribution in [2.45, 2.75) is 361 Å². The van der Waals surface area contributed by atoms with Crippen LogP contribution in [0.3, 0.4) is 0 Å². The summed E-state index contributed by atoms with van der Waals surface area (Å²) in [6.07, 6.45) is 96.2. The van der Waals surface area contributed by atoms with Gasteiger partial charge in [0, 0.05) is 19.3 Å². The van der Waals surface area contributed by atoms with Gasteiger partial charge in [0.15, 0.2) is 6.10 Å². The van der Waals surface area contributed by atoms with Gasteiger partial charge in [-0.15, -0.1) is 0 Å². The molecule has 0 spiro atoms. The Morgan fingerprint density at radius 2 is 0.494 bits per heavy atom. The molecule has 6 nitrogen and oxygen atoms in total. The van der Waals surface area contributed by atoms with Gasteiger partial charge in [0.1, 0.15) is 13.2 Å². The van der Waals surface area contributed by atoms with Crippen molar-refractivity contribution >= 4 is 17.9 Å². The van der Waals surface area contributed by atoms with E-state index in [0.29, 0.717) is 19.3 Å². The SMILES string of the molecule is CC/C=C\C/C=C\C/C=C\C/C=C\CCC(=O)OCC(COC(=O)CCCCCCCCCCCCCCCCCCCCCCC/C=C\CCCCCCCCCC)OC(=O)CCCCCCCC/C=C\C/C=C\C/C=C\CCCCC. The van der Waals surface area contributed by atoms with Gasteiger partial charge in [0.05, 0.1) is 0 Å². The second kappa shape index (κ2) is 70.8. The molecule has 0 heterocycles. The molecule has 0 aliphatic heterocycles. The lowest BCUT2D eigenvalue weighted by atomic mass is 10.0. The summed E-state index contributed by atoms with van der Waals surface area (Å²) in [6.45, 7) is 6.46. The standard InChI is InChI=1S/C77H134O6/c1-4-7-10-13-16-19-22-25-27-29-31-32-33-34-35-36-37-38-39-40-41-42-43-44-46-47-49-52-55-58-61-64-67-70-76(79)82-73-74(72-81-75(78)69-66-63-60-57-54-51-24-21-18-15-12-9-6-3)83-77(80)71-68-65-62-59-56-53-50-48-45-30-28-26-23-20-17-14-11-8-5-2/h9,12,17-18,20-21,26,28-29,31,45,48,51,54,60,63,74H,4-8,10-11,13-16,19,22-25,27,30,32-44,46-47,49-50,52-53,55-59,61-62,64-73H2,1-3H3/b12-9-,20-17-,21-18-,28-26-,31-29-,48-45-,54-51-,63-60-. The van der Waals surface area contributed by atoms with E-state index < -0.39 is 6.10 Å². The van der Waals surface area contributed by atoms with Crippen LogP contribution < -0.4 is 0 Å². The Morgan fingerprint density at radius 1 is 0.253 bits per heavy atom. The van der Waals surface area contributed by atoms with Crippen molar-refractivity contribution < 1.29 is 28.6 Å². The Labute approximate surface area is 515 Å². The summed E-state index contributed by atoms with van der Waals surface area (Å²) in [4.78, 5) is 38.3. The summed E-state index contributed by atoms with van der Waals surface area (Å²) >= 11 is 0. The number of allylic oxidation sites excluding steroid dienone is 16. The van der Waals surface area contributed by atoms with E-state index in [1.54, 1.807) is 0 Å². The van der Waals surface area contributed by atoms with Gasteiger partial charge in [-0.2, -0.15) is 0 Å². The molecule has 0 saturated carbocycles. The second-order valence-corrected chi connectivity index (χ2v) is 23.8. The number of esters is 3. The van der Waals surface area contributed by atoms with Crippen LogP contribution in [0, 0.1) is 0 Å². The minimum Gasteiger partial charge on any atom is -0.462 e. The fraction of sp³-hybridized carbons (Fsp3) is 0.753. The zero-order valence-electron chi connectivity index (χ0n) is 54.9. The van der Waals surface area contributed by atoms with Crippen LogP contribution in [0.15, 0.2) is 97.2 Å². The predicted molar refractivity (Wildman–Crippen MR) is 362 cm³/mol. The molecule has 0 aromatic rings. The van der Waals surface area contributed by atoms with Gasteiger partial charge in [0.25, 0.3) is 0 Å². The van der Waals surface area contributed by atoms with Crippen LogP contribution >= 0.6 is 0 Å². The molecule has 0 aliphatic carbocycles. The van der Waals surface area contributed by atoms with Crippen molar-refractivity contribution in [3.05, 3.63) is 97.2 Å². The van der Waals surface area contributed by atoms with Crippen LogP contribution in [-0.2, 0) is 28.6 Å². The lowest BCUT2D eigenvalue weighted by Crippen LogP contribution is -2.30. The van der Waals surface area contributed by atoms with Crippen LogP contribution in [-0.4, -0.2) is 37.2 Å². The normalized spacial score (nSPS) is 12.7. The zero-order valence-corrected chi connectivity index (χ0v) is 54.9. The molecule has 0 aromatic carbocycles. The Kier molecular flexibility index (Phi) is 67.7. The lowest BCUT2D eigenvalue weighted by molar-refractivity contribution is -0.166. The molecule has 0 fully saturated rings. The third-order valence-corrected chi connectivity index (χ3v) is 15.6. The molecule has 0 bridgehead atoms. The van der Waals surface area contributed by atoms with Crippen molar-refractivity contribution in [1.82, 2.24) is 0 Å². The Bertz CT molecular complexity index is 1610. The number of rotatable bonds is 65. The maximum atomic E-state index is 12.9. The van der Waals surface area contributed by atoms with Crippen molar-refractivity contribution in [2.24, 2.45) is 0 Å². The largest absolute Gasteiger partial charge is 0.462 e. The molecule has 1 atom stereocenters. The maximum Gasteiger partial charge on any atom is 0.306 e. The van der Waals surface area contributed by atoms with Crippen LogP contribution in [0.2, 0.25) is 0 Å². The average Bonchev–Trinajstić information content (AvgIpc) is 3.49. The van der Waals surface area contributed by atoms with E-state index in [1.165, 1.54) is 218 Å². The molecular formula is C77H134O6. The van der Waals surface area contributed by atoms with Crippen molar-refractivity contribution in [3.8, 4) is 0 Å². The van der Waals surface area contributed by atoms with Gasteiger partial charge in [-0.25, -0.2) is 0 Å². The first kappa shape index (κ1) is 79.3. The van der Waals surface area contributed by atoms with Crippen LogP contribution in [0.25, 0.3) is 0 Å². The molecule has 0 aliphatic rings. The van der Waals surface area contributed by atoms with E-state index in [-0.39, 0.29) is 37.5 Å². The van der Waals surface area contributed by atoms with E-state index in [0.717, 1.165) is 89.9 Å². The first-order valence-corrected chi connectivity index (χ1v) is 35.7. The van der Waals surface area contributed by atoms with E-state index in [9.17, 15) is 14.4 Å². The second-order valence-electron chi connectivity index (χ2n) is 23.8. The first-order valence-electron chi connectivity index (χ1n) is 35.7. The van der Waals surface area contributed by atoms with Gasteiger partial charge in [-0.1, -0.05) is 323 Å².